The molecule has 1 amide bonds. The predicted molar refractivity (Wildman–Crippen MR) is 84.1 cm³/mol. The van der Waals surface area contributed by atoms with Crippen LogP contribution < -0.4 is 5.32 Å². The van der Waals surface area contributed by atoms with Crippen LogP contribution in [0.4, 0.5) is 0 Å². The molecule has 2 aliphatic carbocycles. The van der Waals surface area contributed by atoms with E-state index < -0.39 is 0 Å². The molecule has 2 fully saturated rings. The molecule has 0 aromatic carbocycles. The second kappa shape index (κ2) is 5.47. The first kappa shape index (κ1) is 14.4. The highest BCUT2D eigenvalue weighted by atomic mass is 16.2. The van der Waals surface area contributed by atoms with Gasteiger partial charge in [-0.05, 0) is 45.6 Å². The number of hydrogen-bond donors (Lipinski definition) is 1. The fourth-order valence-corrected chi connectivity index (χ4v) is 2.96. The summed E-state index contributed by atoms with van der Waals surface area (Å²) in [6.45, 7) is 4.43. The monoisotopic (exact) mass is 314 g/mol. The first-order valence-electron chi connectivity index (χ1n) is 8.40. The van der Waals surface area contributed by atoms with Gasteiger partial charge in [0.25, 0.3) is 5.91 Å². The lowest BCUT2D eigenvalue weighted by atomic mass is 10.3. The van der Waals surface area contributed by atoms with Gasteiger partial charge in [0.2, 0.25) is 0 Å². The highest BCUT2D eigenvalue weighted by Crippen LogP contribution is 2.44. The van der Waals surface area contributed by atoms with Crippen molar-refractivity contribution in [2.75, 3.05) is 0 Å². The Kier molecular flexibility index (Phi) is 3.43. The molecule has 0 spiro atoms. The molecule has 7 nitrogen and oxygen atoms in total. The molecule has 2 saturated carbocycles. The summed E-state index contributed by atoms with van der Waals surface area (Å²) in [4.78, 5) is 12.4. The van der Waals surface area contributed by atoms with Gasteiger partial charge in [-0.1, -0.05) is 0 Å². The molecule has 0 aliphatic heterocycles. The fourth-order valence-electron chi connectivity index (χ4n) is 2.96. The van der Waals surface area contributed by atoms with Gasteiger partial charge in [-0.25, -0.2) is 0 Å². The lowest BCUT2D eigenvalue weighted by Gasteiger charge is -2.12. The minimum atomic E-state index is -0.116. The SMILES string of the molecule is CC(C)n1nccc1C(=O)NCc1nnc(C2CC2)n1C1CC1. The van der Waals surface area contributed by atoms with Gasteiger partial charge in [0.1, 0.15) is 11.5 Å². The zero-order valence-corrected chi connectivity index (χ0v) is 13.6. The molecule has 4 rings (SSSR count). The third kappa shape index (κ3) is 2.75. The highest BCUT2D eigenvalue weighted by Gasteiger charge is 2.36. The van der Waals surface area contributed by atoms with Crippen LogP contribution in [0, 0.1) is 0 Å². The van der Waals surface area contributed by atoms with Crippen LogP contribution in [0.15, 0.2) is 12.3 Å². The largest absolute Gasteiger partial charge is 0.343 e. The fraction of sp³-hybridized carbons (Fsp3) is 0.625. The van der Waals surface area contributed by atoms with E-state index in [1.807, 2.05) is 13.8 Å². The van der Waals surface area contributed by atoms with Gasteiger partial charge in [0.05, 0.1) is 6.54 Å². The topological polar surface area (TPSA) is 77.6 Å². The van der Waals surface area contributed by atoms with Crippen LogP contribution in [0.3, 0.4) is 0 Å². The zero-order chi connectivity index (χ0) is 16.0. The van der Waals surface area contributed by atoms with Crippen molar-refractivity contribution in [3.05, 3.63) is 29.6 Å². The standard InChI is InChI=1S/C16H22N6O/c1-10(2)22-13(7-8-18-22)16(23)17-9-14-19-20-15(11-3-4-11)21(14)12-5-6-12/h7-8,10-12H,3-6,9H2,1-2H3,(H,17,23). The first-order chi connectivity index (χ1) is 11.1. The number of amides is 1. The van der Waals surface area contributed by atoms with Crippen LogP contribution in [0.5, 0.6) is 0 Å². The predicted octanol–water partition coefficient (Wildman–Crippen LogP) is 2.20. The normalized spacial score (nSPS) is 17.7. The molecule has 7 heteroatoms. The van der Waals surface area contributed by atoms with E-state index in [0.717, 1.165) is 11.6 Å². The molecule has 0 atom stereocenters. The lowest BCUT2D eigenvalue weighted by Crippen LogP contribution is -2.27. The van der Waals surface area contributed by atoms with Crippen molar-refractivity contribution >= 4 is 5.91 Å². The highest BCUT2D eigenvalue weighted by molar-refractivity contribution is 5.92. The summed E-state index contributed by atoms with van der Waals surface area (Å²) in [6, 6.07) is 2.44. The third-order valence-electron chi connectivity index (χ3n) is 4.45. The van der Waals surface area contributed by atoms with Gasteiger partial charge < -0.3 is 9.88 Å². The minimum absolute atomic E-state index is 0.116. The average molecular weight is 314 g/mol. The Morgan fingerprint density at radius 2 is 2.09 bits per heavy atom. The Morgan fingerprint density at radius 1 is 1.30 bits per heavy atom. The van der Waals surface area contributed by atoms with Crippen LogP contribution in [0.25, 0.3) is 0 Å². The van der Waals surface area contributed by atoms with Crippen LogP contribution in [0.1, 0.15) is 79.7 Å². The van der Waals surface area contributed by atoms with E-state index >= 15 is 0 Å². The molecule has 122 valence electrons. The first-order valence-corrected chi connectivity index (χ1v) is 8.40. The quantitative estimate of drug-likeness (QED) is 0.886. The van der Waals surface area contributed by atoms with Crippen molar-refractivity contribution in [2.24, 2.45) is 0 Å². The number of carbonyl (C=O) groups is 1. The number of aromatic nitrogens is 5. The summed E-state index contributed by atoms with van der Waals surface area (Å²) in [5.41, 5.74) is 0.583. The zero-order valence-electron chi connectivity index (χ0n) is 13.6. The number of hydrogen-bond acceptors (Lipinski definition) is 4. The number of rotatable bonds is 6. The van der Waals surface area contributed by atoms with Crippen LogP contribution in [0.2, 0.25) is 0 Å². The Hall–Kier alpha value is -2.18. The van der Waals surface area contributed by atoms with Crippen molar-refractivity contribution in [2.45, 2.75) is 64.1 Å². The molecule has 0 saturated heterocycles. The van der Waals surface area contributed by atoms with Crippen LogP contribution in [-0.2, 0) is 6.54 Å². The van der Waals surface area contributed by atoms with E-state index in [4.69, 9.17) is 0 Å². The van der Waals surface area contributed by atoms with Crippen molar-refractivity contribution in [1.82, 2.24) is 29.9 Å². The molecule has 0 unspecified atom stereocenters. The molecule has 2 aromatic rings. The van der Waals surface area contributed by atoms with Gasteiger partial charge in [-0.15, -0.1) is 10.2 Å². The summed E-state index contributed by atoms with van der Waals surface area (Å²) in [6.07, 6.45) is 6.47. The van der Waals surface area contributed by atoms with Gasteiger partial charge in [0.15, 0.2) is 5.82 Å². The Balaban J connectivity index is 1.49. The summed E-state index contributed by atoms with van der Waals surface area (Å²) in [7, 11) is 0. The maximum atomic E-state index is 12.4. The van der Waals surface area contributed by atoms with E-state index in [2.05, 4.69) is 25.2 Å². The molecule has 0 bridgehead atoms. The summed E-state index contributed by atoms with van der Waals surface area (Å²) in [5.74, 6) is 2.45. The van der Waals surface area contributed by atoms with E-state index in [9.17, 15) is 4.79 Å². The smallest absolute Gasteiger partial charge is 0.269 e. The van der Waals surface area contributed by atoms with Gasteiger partial charge >= 0.3 is 0 Å². The maximum Gasteiger partial charge on any atom is 0.269 e. The third-order valence-corrected chi connectivity index (χ3v) is 4.45. The molecular formula is C16H22N6O. The van der Waals surface area contributed by atoms with Crippen LogP contribution >= 0.6 is 0 Å². The van der Waals surface area contributed by atoms with Crippen molar-refractivity contribution in [3.63, 3.8) is 0 Å². The molecule has 23 heavy (non-hydrogen) atoms. The minimum Gasteiger partial charge on any atom is -0.343 e. The summed E-state index contributed by atoms with van der Waals surface area (Å²) < 4.78 is 3.99. The number of carbonyl (C=O) groups excluding carboxylic acids is 1. The van der Waals surface area contributed by atoms with Crippen molar-refractivity contribution in [3.8, 4) is 0 Å². The van der Waals surface area contributed by atoms with Crippen LogP contribution in [-0.4, -0.2) is 30.5 Å². The molecule has 2 heterocycles. The lowest BCUT2D eigenvalue weighted by molar-refractivity contribution is 0.0936. The Bertz CT molecular complexity index is 723. The second-order valence-electron chi connectivity index (χ2n) is 6.79. The van der Waals surface area contributed by atoms with Gasteiger partial charge in [0, 0.05) is 24.2 Å². The van der Waals surface area contributed by atoms with Crippen molar-refractivity contribution in [1.29, 1.82) is 0 Å². The maximum absolute atomic E-state index is 12.4. The number of nitrogens with one attached hydrogen (secondary N) is 1. The van der Waals surface area contributed by atoms with E-state index in [1.54, 1.807) is 16.9 Å². The van der Waals surface area contributed by atoms with E-state index in [0.29, 0.717) is 24.2 Å². The molecule has 2 aromatic heterocycles. The number of nitrogens with zero attached hydrogens (tertiary/aromatic N) is 5. The summed E-state index contributed by atoms with van der Waals surface area (Å²) >= 11 is 0. The van der Waals surface area contributed by atoms with E-state index in [-0.39, 0.29) is 11.9 Å². The average Bonchev–Trinajstić information content (AvgIpc) is 3.46. The molecular weight excluding hydrogens is 292 g/mol. The molecule has 0 radical (unpaired) electrons. The van der Waals surface area contributed by atoms with Crippen molar-refractivity contribution < 1.29 is 4.79 Å². The second-order valence-corrected chi connectivity index (χ2v) is 6.79. The van der Waals surface area contributed by atoms with Gasteiger partial charge in [-0.2, -0.15) is 5.10 Å². The summed E-state index contributed by atoms with van der Waals surface area (Å²) in [5, 5.41) is 15.9. The van der Waals surface area contributed by atoms with E-state index in [1.165, 1.54) is 25.7 Å². The Labute approximate surface area is 135 Å². The Morgan fingerprint density at radius 3 is 2.74 bits per heavy atom. The molecule has 1 N–H and O–H groups in total. The molecule has 2 aliphatic rings. The van der Waals surface area contributed by atoms with Gasteiger partial charge in [-0.3, -0.25) is 9.48 Å².